The largest absolute Gasteiger partial charge is 0.397 e. The molecule has 0 bridgehead atoms. The fraction of sp³-hybridized carbons (Fsp3) is 0.500. The summed E-state index contributed by atoms with van der Waals surface area (Å²) in [5, 5.41) is 2.69. The van der Waals surface area contributed by atoms with Gasteiger partial charge in [-0.1, -0.05) is 19.1 Å². The molecule has 6 nitrogen and oxygen atoms in total. The van der Waals surface area contributed by atoms with Gasteiger partial charge in [-0.3, -0.25) is 4.79 Å². The standard InChI is InChI=1S/C14H23N3O3S/c1-4-8-16-12(18)7-9-17-21(19,20)14-11(3)6-5-10(2)13(14)15/h5-6,17H,4,7-9,15H2,1-3H3,(H,16,18). The summed E-state index contributed by atoms with van der Waals surface area (Å²) < 4.78 is 27.0. The molecule has 1 aromatic rings. The van der Waals surface area contributed by atoms with Crippen molar-refractivity contribution in [3.63, 3.8) is 0 Å². The summed E-state index contributed by atoms with van der Waals surface area (Å²) in [6.45, 7) is 6.04. The van der Waals surface area contributed by atoms with E-state index in [0.717, 1.165) is 6.42 Å². The number of nitrogen functional groups attached to an aromatic ring is 1. The zero-order valence-electron chi connectivity index (χ0n) is 12.7. The molecule has 0 aliphatic carbocycles. The highest BCUT2D eigenvalue weighted by atomic mass is 32.2. The topological polar surface area (TPSA) is 101 Å². The molecule has 0 saturated heterocycles. The molecule has 0 radical (unpaired) electrons. The summed E-state index contributed by atoms with van der Waals surface area (Å²) in [6, 6.07) is 3.50. The molecular weight excluding hydrogens is 290 g/mol. The molecule has 1 amide bonds. The fourth-order valence-corrected chi connectivity index (χ4v) is 3.35. The Morgan fingerprint density at radius 1 is 1.19 bits per heavy atom. The van der Waals surface area contributed by atoms with Crippen molar-refractivity contribution < 1.29 is 13.2 Å². The van der Waals surface area contributed by atoms with Gasteiger partial charge in [0.25, 0.3) is 0 Å². The quantitative estimate of drug-likeness (QED) is 0.656. The van der Waals surface area contributed by atoms with Crippen LogP contribution in [0.3, 0.4) is 0 Å². The van der Waals surface area contributed by atoms with E-state index in [2.05, 4.69) is 10.0 Å². The van der Waals surface area contributed by atoms with Gasteiger partial charge in [-0.05, 0) is 31.4 Å². The Morgan fingerprint density at radius 2 is 1.81 bits per heavy atom. The van der Waals surface area contributed by atoms with E-state index in [1.165, 1.54) is 0 Å². The van der Waals surface area contributed by atoms with Gasteiger partial charge in [0.15, 0.2) is 0 Å². The molecule has 21 heavy (non-hydrogen) atoms. The van der Waals surface area contributed by atoms with Crippen molar-refractivity contribution in [2.75, 3.05) is 18.8 Å². The van der Waals surface area contributed by atoms with Crippen LogP contribution in [-0.2, 0) is 14.8 Å². The second-order valence-corrected chi connectivity index (χ2v) is 6.64. The third-order valence-corrected chi connectivity index (χ3v) is 4.76. The monoisotopic (exact) mass is 313 g/mol. The van der Waals surface area contributed by atoms with Gasteiger partial charge >= 0.3 is 0 Å². The molecule has 1 aromatic carbocycles. The molecule has 0 fully saturated rings. The first-order valence-electron chi connectivity index (χ1n) is 6.91. The number of carbonyl (C=O) groups excluding carboxylic acids is 1. The lowest BCUT2D eigenvalue weighted by molar-refractivity contribution is -0.120. The Balaban J connectivity index is 2.75. The van der Waals surface area contributed by atoms with Crippen LogP contribution in [-0.4, -0.2) is 27.4 Å². The Kier molecular flexibility index (Phi) is 6.17. The van der Waals surface area contributed by atoms with E-state index in [0.29, 0.717) is 17.7 Å². The van der Waals surface area contributed by atoms with Crippen LogP contribution >= 0.6 is 0 Å². The first-order valence-corrected chi connectivity index (χ1v) is 8.40. The number of hydrogen-bond acceptors (Lipinski definition) is 4. The molecular formula is C14H23N3O3S. The maximum Gasteiger partial charge on any atom is 0.242 e. The predicted octanol–water partition coefficient (Wildman–Crippen LogP) is 1.08. The lowest BCUT2D eigenvalue weighted by Crippen LogP contribution is -2.31. The van der Waals surface area contributed by atoms with E-state index in [9.17, 15) is 13.2 Å². The molecule has 4 N–H and O–H groups in total. The van der Waals surface area contributed by atoms with Crippen molar-refractivity contribution in [1.29, 1.82) is 0 Å². The van der Waals surface area contributed by atoms with Crippen LogP contribution in [0.2, 0.25) is 0 Å². The van der Waals surface area contributed by atoms with Gasteiger partial charge in [-0.2, -0.15) is 0 Å². The normalized spacial score (nSPS) is 11.4. The van der Waals surface area contributed by atoms with Gasteiger partial charge < -0.3 is 11.1 Å². The van der Waals surface area contributed by atoms with E-state index in [1.807, 2.05) is 6.92 Å². The minimum Gasteiger partial charge on any atom is -0.397 e. The average molecular weight is 313 g/mol. The number of amides is 1. The molecule has 0 spiro atoms. The van der Waals surface area contributed by atoms with E-state index in [1.54, 1.807) is 26.0 Å². The van der Waals surface area contributed by atoms with Crippen LogP contribution in [0.25, 0.3) is 0 Å². The highest BCUT2D eigenvalue weighted by Crippen LogP contribution is 2.25. The van der Waals surface area contributed by atoms with Gasteiger partial charge in [0.2, 0.25) is 15.9 Å². The summed E-state index contributed by atoms with van der Waals surface area (Å²) in [5.74, 6) is -0.173. The number of rotatable bonds is 7. The van der Waals surface area contributed by atoms with E-state index in [4.69, 9.17) is 5.73 Å². The molecule has 7 heteroatoms. The molecule has 0 unspecified atom stereocenters. The molecule has 0 saturated carbocycles. The lowest BCUT2D eigenvalue weighted by Gasteiger charge is -2.13. The smallest absolute Gasteiger partial charge is 0.242 e. The molecule has 0 aromatic heterocycles. The molecule has 1 rings (SSSR count). The molecule has 118 valence electrons. The van der Waals surface area contributed by atoms with Crippen molar-refractivity contribution in [2.45, 2.75) is 38.5 Å². The minimum atomic E-state index is -3.72. The minimum absolute atomic E-state index is 0.0463. The van der Waals surface area contributed by atoms with Gasteiger partial charge in [-0.15, -0.1) is 0 Å². The summed E-state index contributed by atoms with van der Waals surface area (Å²) in [6.07, 6.45) is 0.945. The van der Waals surface area contributed by atoms with Crippen LogP contribution in [0.5, 0.6) is 0 Å². The average Bonchev–Trinajstić information content (AvgIpc) is 2.40. The SMILES string of the molecule is CCCNC(=O)CCNS(=O)(=O)c1c(C)ccc(C)c1N. The van der Waals surface area contributed by atoms with Crippen LogP contribution in [0, 0.1) is 13.8 Å². The summed E-state index contributed by atoms with van der Waals surface area (Å²) in [4.78, 5) is 11.5. The van der Waals surface area contributed by atoms with Crippen LogP contribution in [0.4, 0.5) is 5.69 Å². The maximum atomic E-state index is 12.3. The second-order valence-electron chi connectivity index (χ2n) is 4.94. The Morgan fingerprint density at radius 3 is 2.43 bits per heavy atom. The van der Waals surface area contributed by atoms with Gasteiger partial charge in [0.1, 0.15) is 4.90 Å². The summed E-state index contributed by atoms with van der Waals surface area (Å²) >= 11 is 0. The number of nitrogens with two attached hydrogens (primary N) is 1. The summed E-state index contributed by atoms with van der Waals surface area (Å²) in [7, 11) is -3.72. The summed E-state index contributed by atoms with van der Waals surface area (Å²) in [5.41, 5.74) is 7.41. The fourth-order valence-electron chi connectivity index (χ4n) is 1.89. The van der Waals surface area contributed by atoms with E-state index in [-0.39, 0.29) is 29.5 Å². The van der Waals surface area contributed by atoms with Crippen molar-refractivity contribution in [1.82, 2.24) is 10.0 Å². The van der Waals surface area contributed by atoms with Gasteiger partial charge in [-0.25, -0.2) is 13.1 Å². The maximum absolute atomic E-state index is 12.3. The third kappa shape index (κ3) is 4.71. The number of carbonyl (C=O) groups is 1. The predicted molar refractivity (Wildman–Crippen MR) is 83.4 cm³/mol. The van der Waals surface area contributed by atoms with Gasteiger partial charge in [0, 0.05) is 19.5 Å². The first-order chi connectivity index (χ1) is 9.79. The zero-order valence-corrected chi connectivity index (χ0v) is 13.5. The highest BCUT2D eigenvalue weighted by molar-refractivity contribution is 7.89. The van der Waals surface area contributed by atoms with Crippen LogP contribution < -0.4 is 15.8 Å². The molecule has 0 aliphatic heterocycles. The van der Waals surface area contributed by atoms with Crippen molar-refractivity contribution in [2.24, 2.45) is 0 Å². The lowest BCUT2D eigenvalue weighted by atomic mass is 10.1. The second kappa shape index (κ2) is 7.42. The van der Waals surface area contributed by atoms with E-state index >= 15 is 0 Å². The number of anilines is 1. The number of hydrogen-bond donors (Lipinski definition) is 3. The third-order valence-electron chi connectivity index (χ3n) is 3.10. The molecule has 0 atom stereocenters. The Hall–Kier alpha value is -1.60. The van der Waals surface area contributed by atoms with Gasteiger partial charge in [0.05, 0.1) is 5.69 Å². The zero-order chi connectivity index (χ0) is 16.0. The van der Waals surface area contributed by atoms with Crippen molar-refractivity contribution in [3.8, 4) is 0 Å². The van der Waals surface area contributed by atoms with Crippen molar-refractivity contribution >= 4 is 21.6 Å². The van der Waals surface area contributed by atoms with E-state index < -0.39 is 10.0 Å². The number of aryl methyl sites for hydroxylation is 2. The Labute approximate surface area is 126 Å². The number of sulfonamides is 1. The molecule has 0 heterocycles. The van der Waals surface area contributed by atoms with Crippen LogP contribution in [0.15, 0.2) is 17.0 Å². The first kappa shape index (κ1) is 17.5. The molecule has 0 aliphatic rings. The Bertz CT molecular complexity index is 612. The highest BCUT2D eigenvalue weighted by Gasteiger charge is 2.21. The number of nitrogens with one attached hydrogen (secondary N) is 2. The number of benzene rings is 1. The van der Waals surface area contributed by atoms with Crippen molar-refractivity contribution in [3.05, 3.63) is 23.3 Å². The van der Waals surface area contributed by atoms with Crippen LogP contribution in [0.1, 0.15) is 30.9 Å².